The van der Waals surface area contributed by atoms with Gasteiger partial charge in [0.2, 0.25) is 0 Å². The SMILES string of the molecule is Cl.N[C@H]1C[C@@H](n2cc(CO)cn2)C1. The maximum absolute atomic E-state index is 8.80. The lowest BCUT2D eigenvalue weighted by Gasteiger charge is -2.32. The average molecular weight is 204 g/mol. The molecule has 0 aromatic carbocycles. The molecule has 3 N–H and O–H groups in total. The smallest absolute Gasteiger partial charge is 0.0712 e. The molecule has 1 aliphatic carbocycles. The molecule has 0 bridgehead atoms. The van der Waals surface area contributed by atoms with Gasteiger partial charge in [0.1, 0.15) is 0 Å². The van der Waals surface area contributed by atoms with Gasteiger partial charge in [-0.2, -0.15) is 5.10 Å². The topological polar surface area (TPSA) is 64.1 Å². The molecule has 2 rings (SSSR count). The molecule has 1 fully saturated rings. The minimum atomic E-state index is 0. The van der Waals surface area contributed by atoms with E-state index in [1.807, 2.05) is 10.9 Å². The van der Waals surface area contributed by atoms with Gasteiger partial charge in [-0.25, -0.2) is 0 Å². The molecule has 0 aliphatic heterocycles. The fourth-order valence-electron chi connectivity index (χ4n) is 1.50. The highest BCUT2D eigenvalue weighted by atomic mass is 35.5. The molecule has 0 spiro atoms. The van der Waals surface area contributed by atoms with Gasteiger partial charge in [-0.1, -0.05) is 0 Å². The van der Waals surface area contributed by atoms with E-state index in [0.717, 1.165) is 18.4 Å². The van der Waals surface area contributed by atoms with Gasteiger partial charge in [0.25, 0.3) is 0 Å². The van der Waals surface area contributed by atoms with Crippen molar-refractivity contribution in [1.29, 1.82) is 0 Å². The third-order valence-electron chi connectivity index (χ3n) is 2.36. The molecule has 0 saturated heterocycles. The van der Waals surface area contributed by atoms with Crippen LogP contribution >= 0.6 is 12.4 Å². The van der Waals surface area contributed by atoms with E-state index in [-0.39, 0.29) is 19.0 Å². The second-order valence-electron chi connectivity index (χ2n) is 3.37. The van der Waals surface area contributed by atoms with Gasteiger partial charge in [-0.05, 0) is 12.8 Å². The first-order chi connectivity index (χ1) is 5.79. The number of aliphatic hydroxyl groups excluding tert-OH is 1. The van der Waals surface area contributed by atoms with Crippen molar-refractivity contribution in [2.45, 2.75) is 31.5 Å². The van der Waals surface area contributed by atoms with Crippen LogP contribution < -0.4 is 5.73 Å². The van der Waals surface area contributed by atoms with Crippen LogP contribution in [-0.2, 0) is 6.61 Å². The van der Waals surface area contributed by atoms with Gasteiger partial charge in [-0.3, -0.25) is 4.68 Å². The highest BCUT2D eigenvalue weighted by Crippen LogP contribution is 2.29. The Labute approximate surface area is 83.1 Å². The lowest BCUT2D eigenvalue weighted by atomic mass is 9.88. The van der Waals surface area contributed by atoms with Gasteiger partial charge in [0.15, 0.2) is 0 Å². The van der Waals surface area contributed by atoms with Gasteiger partial charge < -0.3 is 10.8 Å². The van der Waals surface area contributed by atoms with Gasteiger partial charge in [-0.15, -0.1) is 12.4 Å². The number of halogens is 1. The Morgan fingerprint density at radius 2 is 2.31 bits per heavy atom. The molecule has 4 nitrogen and oxygen atoms in total. The quantitative estimate of drug-likeness (QED) is 0.734. The van der Waals surface area contributed by atoms with E-state index >= 15 is 0 Å². The van der Waals surface area contributed by atoms with Crippen LogP contribution in [0.2, 0.25) is 0 Å². The van der Waals surface area contributed by atoms with Crippen molar-refractivity contribution in [2.75, 3.05) is 0 Å². The molecule has 1 aliphatic rings. The van der Waals surface area contributed by atoms with Crippen LogP contribution in [0.4, 0.5) is 0 Å². The number of hydrogen-bond donors (Lipinski definition) is 2. The molecular formula is C8H14ClN3O. The monoisotopic (exact) mass is 203 g/mol. The van der Waals surface area contributed by atoms with E-state index in [1.165, 1.54) is 0 Å². The Kier molecular flexibility index (Phi) is 3.30. The molecule has 0 amide bonds. The molecule has 1 aromatic heterocycles. The van der Waals surface area contributed by atoms with Crippen LogP contribution in [0, 0.1) is 0 Å². The summed E-state index contributed by atoms with van der Waals surface area (Å²) in [5.74, 6) is 0. The van der Waals surface area contributed by atoms with Crippen molar-refractivity contribution in [3.63, 3.8) is 0 Å². The zero-order valence-electron chi connectivity index (χ0n) is 7.26. The molecule has 0 atom stereocenters. The van der Waals surface area contributed by atoms with Gasteiger partial charge >= 0.3 is 0 Å². The Morgan fingerprint density at radius 3 is 2.77 bits per heavy atom. The van der Waals surface area contributed by atoms with E-state index in [1.54, 1.807) is 6.20 Å². The fourth-order valence-corrected chi connectivity index (χ4v) is 1.50. The number of nitrogens with zero attached hydrogens (tertiary/aromatic N) is 2. The molecule has 74 valence electrons. The highest BCUT2D eigenvalue weighted by molar-refractivity contribution is 5.85. The first kappa shape index (κ1) is 10.5. The van der Waals surface area contributed by atoms with Crippen molar-refractivity contribution in [1.82, 2.24) is 9.78 Å². The first-order valence-electron chi connectivity index (χ1n) is 4.19. The summed E-state index contributed by atoms with van der Waals surface area (Å²) in [5, 5.41) is 12.9. The van der Waals surface area contributed by atoms with E-state index in [9.17, 15) is 0 Å². The van der Waals surface area contributed by atoms with Crippen LogP contribution in [0.5, 0.6) is 0 Å². The van der Waals surface area contributed by atoms with Crippen molar-refractivity contribution < 1.29 is 5.11 Å². The maximum atomic E-state index is 8.80. The number of rotatable bonds is 2. The Hall–Kier alpha value is -0.580. The standard InChI is InChI=1S/C8H13N3O.ClH/c9-7-1-8(2-7)11-4-6(5-12)3-10-11;/h3-4,7-8,12H,1-2,5,9H2;1H/t7-,8+;. The summed E-state index contributed by atoms with van der Waals surface area (Å²) in [4.78, 5) is 0. The lowest BCUT2D eigenvalue weighted by molar-refractivity contribution is 0.246. The summed E-state index contributed by atoms with van der Waals surface area (Å²) in [6.07, 6.45) is 5.60. The molecule has 1 heterocycles. The number of nitrogens with two attached hydrogens (primary N) is 1. The van der Waals surface area contributed by atoms with Crippen LogP contribution in [0.1, 0.15) is 24.4 Å². The molecule has 0 radical (unpaired) electrons. The van der Waals surface area contributed by atoms with Gasteiger partial charge in [0.05, 0.1) is 18.8 Å². The summed E-state index contributed by atoms with van der Waals surface area (Å²) in [6.45, 7) is 0.0682. The minimum Gasteiger partial charge on any atom is -0.392 e. The minimum absolute atomic E-state index is 0. The summed E-state index contributed by atoms with van der Waals surface area (Å²) < 4.78 is 1.90. The van der Waals surface area contributed by atoms with Crippen molar-refractivity contribution in [2.24, 2.45) is 5.73 Å². The highest BCUT2D eigenvalue weighted by Gasteiger charge is 2.27. The van der Waals surface area contributed by atoms with E-state index in [0.29, 0.717) is 12.1 Å². The average Bonchev–Trinajstić information content (AvgIpc) is 2.46. The predicted molar refractivity (Wildman–Crippen MR) is 51.6 cm³/mol. The third-order valence-corrected chi connectivity index (χ3v) is 2.36. The van der Waals surface area contributed by atoms with Crippen LogP contribution in [0.15, 0.2) is 12.4 Å². The van der Waals surface area contributed by atoms with Crippen LogP contribution in [-0.4, -0.2) is 20.9 Å². The maximum Gasteiger partial charge on any atom is 0.0712 e. The van der Waals surface area contributed by atoms with Crippen molar-refractivity contribution >= 4 is 12.4 Å². The Bertz CT molecular complexity index is 270. The number of aliphatic hydroxyl groups is 1. The summed E-state index contributed by atoms with van der Waals surface area (Å²) >= 11 is 0. The number of hydrogen-bond acceptors (Lipinski definition) is 3. The summed E-state index contributed by atoms with van der Waals surface area (Å²) in [5.41, 5.74) is 6.53. The molecular weight excluding hydrogens is 190 g/mol. The van der Waals surface area contributed by atoms with Crippen molar-refractivity contribution in [3.05, 3.63) is 18.0 Å². The number of aromatic nitrogens is 2. The Morgan fingerprint density at radius 1 is 1.62 bits per heavy atom. The lowest BCUT2D eigenvalue weighted by Crippen LogP contribution is -2.37. The first-order valence-corrected chi connectivity index (χ1v) is 4.19. The van der Waals surface area contributed by atoms with Crippen molar-refractivity contribution in [3.8, 4) is 0 Å². The molecule has 0 unspecified atom stereocenters. The van der Waals surface area contributed by atoms with Crippen LogP contribution in [0.3, 0.4) is 0 Å². The summed E-state index contributed by atoms with van der Waals surface area (Å²) in [6, 6.07) is 0.803. The predicted octanol–water partition coefficient (Wildman–Crippen LogP) is 0.459. The zero-order valence-corrected chi connectivity index (χ0v) is 8.07. The van der Waals surface area contributed by atoms with Gasteiger partial charge in [0, 0.05) is 17.8 Å². The normalized spacial score (nSPS) is 26.3. The van der Waals surface area contributed by atoms with E-state index in [4.69, 9.17) is 10.8 Å². The molecule has 1 aromatic rings. The largest absolute Gasteiger partial charge is 0.392 e. The van der Waals surface area contributed by atoms with Crippen LogP contribution in [0.25, 0.3) is 0 Å². The molecule has 1 saturated carbocycles. The summed E-state index contributed by atoms with van der Waals surface area (Å²) in [7, 11) is 0. The second kappa shape index (κ2) is 4.09. The van der Waals surface area contributed by atoms with E-state index < -0.39 is 0 Å². The molecule has 13 heavy (non-hydrogen) atoms. The van der Waals surface area contributed by atoms with E-state index in [2.05, 4.69) is 5.10 Å². The fraction of sp³-hybridized carbons (Fsp3) is 0.625. The second-order valence-corrected chi connectivity index (χ2v) is 3.37. The zero-order chi connectivity index (χ0) is 8.55. The molecule has 5 heteroatoms. The third kappa shape index (κ3) is 2.02. The Balaban J connectivity index is 0.000000845.